The highest BCUT2D eigenvalue weighted by Gasteiger charge is 2.25. The highest BCUT2D eigenvalue weighted by molar-refractivity contribution is 6.04. The topological polar surface area (TPSA) is 103 Å². The summed E-state index contributed by atoms with van der Waals surface area (Å²) in [5, 5.41) is 2.73. The maximum atomic E-state index is 14.8. The zero-order chi connectivity index (χ0) is 26.5. The molecule has 3 N–H and O–H groups in total. The molecule has 1 fully saturated rings. The Kier molecular flexibility index (Phi) is 8.24. The number of carbonyl (C=O) groups excluding carboxylic acids is 1. The van der Waals surface area contributed by atoms with E-state index in [1.54, 1.807) is 12.3 Å². The van der Waals surface area contributed by atoms with E-state index in [1.165, 1.54) is 13.3 Å². The normalized spacial score (nSPS) is 17.5. The standard InChI is InChI=1S/C26H28F3N5O3/c1-15-9-16(30)14-34(13-15)23-5-6-31-12-22(23)33-26(35)21-4-3-18(27)25(32-21)24-19(28)10-17(11-20(24)29)37-8-7-36-2/h3-6,10-12,15-16H,7-9,13-14,30H2,1-2H3,(H,33,35)/t15-,16?/m1/s1. The molecule has 0 aliphatic carbocycles. The number of methoxy groups -OCH3 is 1. The number of hydrogen-bond acceptors (Lipinski definition) is 7. The Labute approximate surface area is 212 Å². The van der Waals surface area contributed by atoms with Crippen molar-refractivity contribution in [3.8, 4) is 17.0 Å². The first-order chi connectivity index (χ1) is 17.8. The van der Waals surface area contributed by atoms with Crippen LogP contribution in [-0.2, 0) is 4.74 Å². The molecule has 1 saturated heterocycles. The summed E-state index contributed by atoms with van der Waals surface area (Å²) >= 11 is 0. The zero-order valence-electron chi connectivity index (χ0n) is 20.5. The average Bonchev–Trinajstić information content (AvgIpc) is 2.84. The summed E-state index contributed by atoms with van der Waals surface area (Å²) in [7, 11) is 1.46. The van der Waals surface area contributed by atoms with Crippen LogP contribution < -0.4 is 20.7 Å². The molecule has 1 unspecified atom stereocenters. The number of piperidine rings is 1. The van der Waals surface area contributed by atoms with Crippen molar-refractivity contribution in [2.45, 2.75) is 19.4 Å². The molecular weight excluding hydrogens is 487 g/mol. The third-order valence-electron chi connectivity index (χ3n) is 5.97. The number of halogens is 3. The van der Waals surface area contributed by atoms with Crippen LogP contribution in [0.15, 0.2) is 42.7 Å². The second-order valence-electron chi connectivity index (χ2n) is 8.98. The van der Waals surface area contributed by atoms with E-state index in [4.69, 9.17) is 15.2 Å². The van der Waals surface area contributed by atoms with Gasteiger partial charge in [-0.2, -0.15) is 0 Å². The average molecular weight is 516 g/mol. The van der Waals surface area contributed by atoms with Gasteiger partial charge in [0, 0.05) is 44.6 Å². The monoisotopic (exact) mass is 515 g/mol. The van der Waals surface area contributed by atoms with Gasteiger partial charge in [-0.15, -0.1) is 0 Å². The van der Waals surface area contributed by atoms with Crippen LogP contribution in [0.4, 0.5) is 24.5 Å². The maximum absolute atomic E-state index is 14.8. The number of benzene rings is 1. The second kappa shape index (κ2) is 11.6. The number of hydrogen-bond donors (Lipinski definition) is 2. The van der Waals surface area contributed by atoms with Gasteiger partial charge in [0.25, 0.3) is 5.91 Å². The summed E-state index contributed by atoms with van der Waals surface area (Å²) in [5.41, 5.74) is 5.76. The number of amides is 1. The van der Waals surface area contributed by atoms with Gasteiger partial charge >= 0.3 is 0 Å². The zero-order valence-corrected chi connectivity index (χ0v) is 20.5. The van der Waals surface area contributed by atoms with Gasteiger partial charge in [0.1, 0.15) is 41.2 Å². The molecule has 11 heteroatoms. The van der Waals surface area contributed by atoms with Crippen molar-refractivity contribution in [3.63, 3.8) is 0 Å². The van der Waals surface area contributed by atoms with Gasteiger partial charge in [0.15, 0.2) is 0 Å². The van der Waals surface area contributed by atoms with E-state index in [-0.39, 0.29) is 30.7 Å². The van der Waals surface area contributed by atoms with Crippen LogP contribution in [-0.4, -0.2) is 55.3 Å². The SMILES string of the molecule is COCCOc1cc(F)c(-c2nc(C(=O)Nc3cnccc3N3CC(N)C[C@@H](C)C3)ccc2F)c(F)c1. The Balaban J connectivity index is 1.59. The lowest BCUT2D eigenvalue weighted by Crippen LogP contribution is -2.46. The predicted octanol–water partition coefficient (Wildman–Crippen LogP) is 4.01. The molecule has 1 aromatic carbocycles. The van der Waals surface area contributed by atoms with Crippen LogP contribution in [0.3, 0.4) is 0 Å². The summed E-state index contributed by atoms with van der Waals surface area (Å²) in [6.07, 6.45) is 4.00. The van der Waals surface area contributed by atoms with Crippen molar-refractivity contribution in [2.75, 3.05) is 43.6 Å². The predicted molar refractivity (Wildman–Crippen MR) is 133 cm³/mol. The van der Waals surface area contributed by atoms with Crippen molar-refractivity contribution in [3.05, 3.63) is 65.9 Å². The fourth-order valence-corrected chi connectivity index (χ4v) is 4.39. The first kappa shape index (κ1) is 26.4. The molecule has 4 rings (SSSR count). The molecule has 2 aromatic heterocycles. The molecule has 37 heavy (non-hydrogen) atoms. The van der Waals surface area contributed by atoms with Crippen molar-refractivity contribution >= 4 is 17.3 Å². The summed E-state index contributed by atoms with van der Waals surface area (Å²) in [6, 6.07) is 5.69. The first-order valence-electron chi connectivity index (χ1n) is 11.8. The molecule has 0 spiro atoms. The molecule has 2 atom stereocenters. The number of nitrogens with zero attached hydrogens (tertiary/aromatic N) is 3. The van der Waals surface area contributed by atoms with Crippen LogP contribution in [0.25, 0.3) is 11.3 Å². The minimum absolute atomic E-state index is 0.0108. The second-order valence-corrected chi connectivity index (χ2v) is 8.98. The van der Waals surface area contributed by atoms with E-state index in [0.717, 1.165) is 42.9 Å². The number of aromatic nitrogens is 2. The fourth-order valence-electron chi connectivity index (χ4n) is 4.39. The molecule has 0 bridgehead atoms. The lowest BCUT2D eigenvalue weighted by atomic mass is 9.96. The van der Waals surface area contributed by atoms with Crippen molar-refractivity contribution in [1.29, 1.82) is 0 Å². The van der Waals surface area contributed by atoms with Gasteiger partial charge in [-0.1, -0.05) is 6.92 Å². The molecule has 0 radical (unpaired) electrons. The van der Waals surface area contributed by atoms with Crippen molar-refractivity contribution < 1.29 is 27.4 Å². The van der Waals surface area contributed by atoms with E-state index >= 15 is 0 Å². The Morgan fingerprint density at radius 1 is 1.14 bits per heavy atom. The van der Waals surface area contributed by atoms with Gasteiger partial charge in [0.05, 0.1) is 29.7 Å². The number of nitrogens with one attached hydrogen (secondary N) is 1. The summed E-state index contributed by atoms with van der Waals surface area (Å²) in [6.45, 7) is 3.77. The van der Waals surface area contributed by atoms with Crippen LogP contribution in [0.1, 0.15) is 23.8 Å². The van der Waals surface area contributed by atoms with E-state index in [1.807, 2.05) is 0 Å². The minimum Gasteiger partial charge on any atom is -0.491 e. The smallest absolute Gasteiger partial charge is 0.274 e. The lowest BCUT2D eigenvalue weighted by Gasteiger charge is -2.37. The van der Waals surface area contributed by atoms with E-state index in [9.17, 15) is 18.0 Å². The molecule has 196 valence electrons. The van der Waals surface area contributed by atoms with Gasteiger partial charge in [-0.3, -0.25) is 9.78 Å². The maximum Gasteiger partial charge on any atom is 0.274 e. The largest absolute Gasteiger partial charge is 0.491 e. The van der Waals surface area contributed by atoms with Gasteiger partial charge in [0.2, 0.25) is 0 Å². The third-order valence-corrected chi connectivity index (χ3v) is 5.97. The number of rotatable bonds is 8. The highest BCUT2D eigenvalue weighted by atomic mass is 19.1. The Morgan fingerprint density at radius 3 is 2.59 bits per heavy atom. The summed E-state index contributed by atoms with van der Waals surface area (Å²) < 4.78 is 54.3. The minimum atomic E-state index is -1.08. The molecule has 1 aliphatic rings. The number of ether oxygens (including phenoxy) is 2. The van der Waals surface area contributed by atoms with Crippen LogP contribution >= 0.6 is 0 Å². The molecular formula is C26H28F3N5O3. The Bertz CT molecular complexity index is 1240. The molecule has 1 aliphatic heterocycles. The Morgan fingerprint density at radius 2 is 1.89 bits per heavy atom. The number of pyridine rings is 2. The van der Waals surface area contributed by atoms with Crippen molar-refractivity contribution in [2.24, 2.45) is 11.7 Å². The fraction of sp³-hybridized carbons (Fsp3) is 0.346. The van der Waals surface area contributed by atoms with E-state index < -0.39 is 34.6 Å². The van der Waals surface area contributed by atoms with Gasteiger partial charge < -0.3 is 25.4 Å². The summed E-state index contributed by atoms with van der Waals surface area (Å²) in [5.74, 6) is -3.56. The highest BCUT2D eigenvalue weighted by Crippen LogP contribution is 2.32. The first-order valence-corrected chi connectivity index (χ1v) is 11.8. The molecule has 3 heterocycles. The van der Waals surface area contributed by atoms with E-state index in [2.05, 4.69) is 27.1 Å². The van der Waals surface area contributed by atoms with Crippen LogP contribution in [0.2, 0.25) is 0 Å². The molecule has 3 aromatic rings. The molecule has 1 amide bonds. The third kappa shape index (κ3) is 6.17. The van der Waals surface area contributed by atoms with Gasteiger partial charge in [-0.05, 0) is 30.5 Å². The molecule has 0 saturated carbocycles. The number of anilines is 2. The summed E-state index contributed by atoms with van der Waals surface area (Å²) in [4.78, 5) is 23.2. The molecule has 8 nitrogen and oxygen atoms in total. The van der Waals surface area contributed by atoms with Crippen LogP contribution in [0.5, 0.6) is 5.75 Å². The van der Waals surface area contributed by atoms with E-state index in [0.29, 0.717) is 18.2 Å². The quantitative estimate of drug-likeness (QED) is 0.437. The Hall–Kier alpha value is -3.70. The lowest BCUT2D eigenvalue weighted by molar-refractivity contribution is 0.102. The van der Waals surface area contributed by atoms with Crippen molar-refractivity contribution in [1.82, 2.24) is 9.97 Å². The number of nitrogens with two attached hydrogens (primary N) is 1. The number of carbonyl (C=O) groups is 1. The van der Waals surface area contributed by atoms with Crippen LogP contribution in [0, 0.1) is 23.4 Å². The van der Waals surface area contributed by atoms with Gasteiger partial charge in [-0.25, -0.2) is 18.2 Å².